The molecule has 0 aliphatic rings. The minimum atomic E-state index is -5.09. The van der Waals surface area contributed by atoms with Crippen molar-refractivity contribution in [2.75, 3.05) is 57.4 Å². The van der Waals surface area contributed by atoms with Gasteiger partial charge < -0.3 is 33.4 Å². The summed E-state index contributed by atoms with van der Waals surface area (Å²) in [6.07, 6.45) is 89.2. The standard InChI is InChI=1S/C37H75O6PS.2C24H51N/c1-3-5-7-9-11-13-15-17-18-19-21-23-25-27-29-31-33-45-35-36(34-42-44(39,40)41)43-37(38)32-30-28-26-24-22-20-16-14-12-10-8-6-4-2;2*1-4-7-10-13-16-19-22-25(23-20-17-14-11-8-5-2)24-21-18-15-12-9-6-3/h36H,3-35H2,1-2H3,(H2,39,40,41);2*4-24H2,1-3H3. The van der Waals surface area contributed by atoms with Crippen LogP contribution in [0.3, 0.4) is 0 Å². The molecule has 0 saturated heterocycles. The van der Waals surface area contributed by atoms with Crippen LogP contribution in [0.15, 0.2) is 0 Å². The fourth-order valence-corrected chi connectivity index (χ4v) is 14.8. The summed E-state index contributed by atoms with van der Waals surface area (Å²) in [5.41, 5.74) is 0. The number of rotatable bonds is 79. The van der Waals surface area contributed by atoms with Gasteiger partial charge >= 0.3 is 5.97 Å². The van der Waals surface area contributed by atoms with E-state index in [4.69, 9.17) is 4.74 Å². The molecule has 0 aliphatic heterocycles. The normalized spacial score (nSPS) is 12.0. The molecule has 0 aliphatic carbocycles. The first-order chi connectivity index (χ1) is 46.6. The van der Waals surface area contributed by atoms with E-state index in [0.29, 0.717) is 12.2 Å². The van der Waals surface area contributed by atoms with Crippen LogP contribution in [0.25, 0.3) is 0 Å². The second-order valence-electron chi connectivity index (χ2n) is 29.8. The molecule has 0 amide bonds. The third-order valence-corrected chi connectivity index (χ3v) is 21.6. The largest absolute Gasteiger partial charge is 0.790 e. The number of quaternary nitrogens is 2. The third-order valence-electron chi connectivity index (χ3n) is 20.0. The average Bonchev–Trinajstić information content (AvgIpc) is 3.78. The van der Waals surface area contributed by atoms with E-state index in [1.165, 1.54) is 431 Å². The second kappa shape index (κ2) is 88.1. The highest BCUT2D eigenvalue weighted by Gasteiger charge is 2.17. The van der Waals surface area contributed by atoms with E-state index in [1.807, 2.05) is 9.80 Å². The van der Waals surface area contributed by atoms with Crippen LogP contribution in [-0.4, -0.2) is 69.5 Å². The molecular weight excluding hydrogens is 1210 g/mol. The summed E-state index contributed by atoms with van der Waals surface area (Å²) in [5.74, 6) is 1.04. The Labute approximate surface area is 603 Å². The van der Waals surface area contributed by atoms with Crippen LogP contribution in [0, 0.1) is 0 Å². The van der Waals surface area contributed by atoms with Crippen LogP contribution in [0.4, 0.5) is 0 Å². The van der Waals surface area contributed by atoms with E-state index in [0.717, 1.165) is 31.4 Å². The molecule has 0 aromatic heterocycles. The quantitative estimate of drug-likeness (QED) is 0.0355. The number of phosphoric acid groups is 1. The number of nitrogens with one attached hydrogen (secondary N) is 2. The van der Waals surface area contributed by atoms with Crippen molar-refractivity contribution in [3.05, 3.63) is 0 Å². The number of hydrogen-bond acceptors (Lipinski definition) is 7. The molecule has 0 saturated carbocycles. The van der Waals surface area contributed by atoms with Gasteiger partial charge in [-0.1, -0.05) is 383 Å². The number of thioether (sulfide) groups is 1. The van der Waals surface area contributed by atoms with Gasteiger partial charge in [0.1, 0.15) is 6.10 Å². The maximum absolute atomic E-state index is 12.4. The van der Waals surface area contributed by atoms with Crippen molar-refractivity contribution in [3.63, 3.8) is 0 Å². The van der Waals surface area contributed by atoms with E-state index < -0.39 is 13.9 Å². The Bertz CT molecular complexity index is 1300. The van der Waals surface area contributed by atoms with Crippen LogP contribution in [0.5, 0.6) is 0 Å². The molecule has 0 aromatic rings. The Morgan fingerprint density at radius 1 is 0.295 bits per heavy atom. The van der Waals surface area contributed by atoms with Crippen LogP contribution < -0.4 is 19.6 Å². The SMILES string of the molecule is CCCCCCCCCCCCCCCCCCSCC(COP(=O)([O-])[O-])OC(=O)CCCCCCCCCCCCCCC.CCCCCCCC[NH+](CCCCCCCC)CCCCCCCC.CCCCCCCC[NH+](CCCCCCCC)CCCCCCCC. The number of ether oxygens (including phenoxy) is 1. The highest BCUT2D eigenvalue weighted by atomic mass is 32.2. The Hall–Kier alpha value is -0.150. The Morgan fingerprint density at radius 3 is 0.695 bits per heavy atom. The lowest BCUT2D eigenvalue weighted by atomic mass is 10.0. The van der Waals surface area contributed by atoms with Crippen LogP contribution in [0.1, 0.15) is 479 Å². The number of hydrogen-bond donors (Lipinski definition) is 2. The van der Waals surface area contributed by atoms with Gasteiger partial charge in [0, 0.05) is 12.2 Å². The first-order valence-corrected chi connectivity index (χ1v) is 46.3. The summed E-state index contributed by atoms with van der Waals surface area (Å²) >= 11 is 1.64. The Morgan fingerprint density at radius 2 is 0.484 bits per heavy atom. The van der Waals surface area contributed by atoms with Crippen molar-refractivity contribution < 1.29 is 38.2 Å². The highest BCUT2D eigenvalue weighted by molar-refractivity contribution is 7.99. The Balaban J connectivity index is -0.00000144. The molecular formula is C85H177N2O6PS. The predicted octanol–water partition coefficient (Wildman–Crippen LogP) is 25.1. The minimum absolute atomic E-state index is 0.324. The van der Waals surface area contributed by atoms with Gasteiger partial charge in [0.05, 0.1) is 53.7 Å². The van der Waals surface area contributed by atoms with Gasteiger partial charge in [-0.05, 0) is 95.6 Å². The molecule has 8 nitrogen and oxygen atoms in total. The van der Waals surface area contributed by atoms with Crippen LogP contribution in [0.2, 0.25) is 0 Å². The summed E-state index contributed by atoms with van der Waals surface area (Å²) in [5, 5.41) is 0. The second-order valence-corrected chi connectivity index (χ2v) is 32.1. The summed E-state index contributed by atoms with van der Waals surface area (Å²) in [7, 11) is -5.09. The number of carbonyl (C=O) groups excluding carboxylic acids is 1. The molecule has 0 fully saturated rings. The zero-order valence-electron chi connectivity index (χ0n) is 66.4. The lowest BCUT2D eigenvalue weighted by molar-refractivity contribution is -0.901. The van der Waals surface area contributed by atoms with E-state index in [1.54, 1.807) is 11.8 Å². The summed E-state index contributed by atoms with van der Waals surface area (Å²) in [4.78, 5) is 38.1. The fourth-order valence-electron chi connectivity index (χ4n) is 13.5. The minimum Gasteiger partial charge on any atom is -0.790 e. The lowest BCUT2D eigenvalue weighted by Crippen LogP contribution is -3.12. The van der Waals surface area contributed by atoms with E-state index in [9.17, 15) is 19.1 Å². The monoisotopic (exact) mass is 1390 g/mol. The van der Waals surface area contributed by atoms with Gasteiger partial charge in [-0.3, -0.25) is 4.79 Å². The molecule has 0 spiro atoms. The molecule has 1 atom stereocenters. The number of esters is 1. The molecule has 0 heterocycles. The van der Waals surface area contributed by atoms with E-state index in [2.05, 4.69) is 59.9 Å². The molecule has 95 heavy (non-hydrogen) atoms. The number of unbranched alkanes of at least 4 members (excludes halogenated alkanes) is 57. The van der Waals surface area contributed by atoms with Crippen LogP contribution >= 0.6 is 19.6 Å². The predicted molar refractivity (Wildman–Crippen MR) is 422 cm³/mol. The van der Waals surface area contributed by atoms with Crippen molar-refractivity contribution in [1.82, 2.24) is 0 Å². The van der Waals surface area contributed by atoms with Crippen molar-refractivity contribution in [1.29, 1.82) is 0 Å². The van der Waals surface area contributed by atoms with Gasteiger partial charge in [-0.2, -0.15) is 11.8 Å². The average molecular weight is 1390 g/mol. The molecule has 0 bridgehead atoms. The van der Waals surface area contributed by atoms with E-state index >= 15 is 0 Å². The smallest absolute Gasteiger partial charge is 0.306 e. The first kappa shape index (κ1) is 99.0. The molecule has 1 unspecified atom stereocenters. The number of phosphoric ester groups is 1. The molecule has 2 N–H and O–H groups in total. The summed E-state index contributed by atoms with van der Waals surface area (Å²) in [6, 6.07) is 0. The van der Waals surface area contributed by atoms with Crippen molar-refractivity contribution in [3.8, 4) is 0 Å². The van der Waals surface area contributed by atoms with Crippen LogP contribution in [-0.2, 0) is 18.6 Å². The zero-order chi connectivity index (χ0) is 70.0. The highest BCUT2D eigenvalue weighted by Crippen LogP contribution is 2.26. The molecule has 0 aromatic carbocycles. The van der Waals surface area contributed by atoms with Crippen molar-refractivity contribution in [2.45, 2.75) is 485 Å². The maximum Gasteiger partial charge on any atom is 0.306 e. The van der Waals surface area contributed by atoms with Crippen molar-refractivity contribution in [2.24, 2.45) is 0 Å². The summed E-state index contributed by atoms with van der Waals surface area (Å²) < 4.78 is 20.9. The molecule has 0 rings (SSSR count). The third kappa shape index (κ3) is 91.8. The fraction of sp³-hybridized carbons (Fsp3) is 0.988. The maximum atomic E-state index is 12.4. The number of carbonyl (C=O) groups is 1. The molecule has 574 valence electrons. The van der Waals surface area contributed by atoms with E-state index in [-0.39, 0.29) is 12.6 Å². The topological polar surface area (TPSA) is 108 Å². The molecule has 0 radical (unpaired) electrons. The lowest BCUT2D eigenvalue weighted by Gasteiger charge is -2.30. The Kier molecular flexibility index (Phi) is 91.8. The van der Waals surface area contributed by atoms with Gasteiger partial charge in [-0.15, -0.1) is 0 Å². The van der Waals surface area contributed by atoms with Gasteiger partial charge in [0.15, 0.2) is 0 Å². The summed E-state index contributed by atoms with van der Waals surface area (Å²) in [6.45, 7) is 26.7. The molecule has 10 heteroatoms. The van der Waals surface area contributed by atoms with Gasteiger partial charge in [0.25, 0.3) is 0 Å². The van der Waals surface area contributed by atoms with Gasteiger partial charge in [-0.25, -0.2) is 0 Å². The first-order valence-electron chi connectivity index (χ1n) is 43.7. The van der Waals surface area contributed by atoms with Crippen molar-refractivity contribution >= 4 is 25.6 Å². The van der Waals surface area contributed by atoms with Gasteiger partial charge in [0.2, 0.25) is 0 Å². The zero-order valence-corrected chi connectivity index (χ0v) is 68.1.